The van der Waals surface area contributed by atoms with Crippen molar-refractivity contribution in [2.45, 2.75) is 13.1 Å². The smallest absolute Gasteiger partial charge is 0.382 e. The molecule has 0 amide bonds. The van der Waals surface area contributed by atoms with Crippen molar-refractivity contribution >= 4 is 11.3 Å². The highest BCUT2D eigenvalue weighted by atomic mass is 19.4. The Balaban J connectivity index is 2.26. The van der Waals surface area contributed by atoms with Crippen molar-refractivity contribution in [3.05, 3.63) is 53.7 Å². The molecule has 21 heavy (non-hydrogen) atoms. The highest BCUT2D eigenvalue weighted by Crippen LogP contribution is 2.35. The minimum atomic E-state index is -4.40. The molecule has 0 unspecified atom stereocenters. The van der Waals surface area contributed by atoms with Crippen molar-refractivity contribution in [2.24, 2.45) is 0 Å². The van der Waals surface area contributed by atoms with Crippen LogP contribution in [0.15, 0.2) is 42.6 Å². The summed E-state index contributed by atoms with van der Waals surface area (Å²) in [4.78, 5) is 0. The minimum Gasteiger partial charge on any atom is -0.382 e. The Bertz CT molecular complexity index is 801. The fourth-order valence-electron chi connectivity index (χ4n) is 2.26. The number of aryl methyl sites for hydroxylation is 1. The summed E-state index contributed by atoms with van der Waals surface area (Å²) in [5.41, 5.74) is 7.81. The van der Waals surface area contributed by atoms with Crippen LogP contribution < -0.4 is 5.73 Å². The van der Waals surface area contributed by atoms with E-state index in [0.717, 1.165) is 23.3 Å². The number of fused-ring (bicyclic) bond motifs is 1. The number of nitrogen functional groups attached to an aromatic ring is 1. The molecule has 6 heteroatoms. The van der Waals surface area contributed by atoms with E-state index in [2.05, 4.69) is 5.10 Å². The standard InChI is InChI=1S/C15H12F3N3/c1-9-2-4-10(5-3-9)13-12-8-11(15(16,17)18)6-7-21(12)20-14(13)19/h2-8H,1H3,(H2,19,20). The lowest BCUT2D eigenvalue weighted by molar-refractivity contribution is -0.137. The number of rotatable bonds is 1. The predicted molar refractivity (Wildman–Crippen MR) is 74.8 cm³/mol. The number of pyridine rings is 1. The largest absolute Gasteiger partial charge is 0.416 e. The van der Waals surface area contributed by atoms with Gasteiger partial charge in [-0.15, -0.1) is 0 Å². The quantitative estimate of drug-likeness (QED) is 0.738. The number of alkyl halides is 3. The van der Waals surface area contributed by atoms with Gasteiger partial charge in [0.25, 0.3) is 0 Å². The molecule has 0 bridgehead atoms. The molecule has 0 fully saturated rings. The van der Waals surface area contributed by atoms with E-state index in [0.29, 0.717) is 11.1 Å². The third-order valence-corrected chi connectivity index (χ3v) is 3.33. The Hall–Kier alpha value is -2.50. The second-order valence-corrected chi connectivity index (χ2v) is 4.87. The Labute approximate surface area is 118 Å². The van der Waals surface area contributed by atoms with Crippen LogP contribution in [0.25, 0.3) is 16.6 Å². The van der Waals surface area contributed by atoms with Gasteiger partial charge in [0.1, 0.15) is 0 Å². The molecule has 3 rings (SSSR count). The van der Waals surface area contributed by atoms with Gasteiger partial charge >= 0.3 is 6.18 Å². The number of anilines is 1. The van der Waals surface area contributed by atoms with E-state index < -0.39 is 11.7 Å². The van der Waals surface area contributed by atoms with Gasteiger partial charge in [-0.3, -0.25) is 0 Å². The molecule has 2 aromatic heterocycles. The Morgan fingerprint density at radius 2 is 1.76 bits per heavy atom. The maximum absolute atomic E-state index is 12.8. The molecule has 1 aromatic carbocycles. The first-order chi connectivity index (χ1) is 9.86. The average molecular weight is 291 g/mol. The SMILES string of the molecule is Cc1ccc(-c2c(N)nn3ccc(C(F)(F)F)cc23)cc1. The van der Waals surface area contributed by atoms with Gasteiger partial charge in [0.2, 0.25) is 0 Å². The number of nitrogens with zero attached hydrogens (tertiary/aromatic N) is 2. The lowest BCUT2D eigenvalue weighted by Gasteiger charge is -2.07. The van der Waals surface area contributed by atoms with Gasteiger partial charge in [0.15, 0.2) is 5.82 Å². The Morgan fingerprint density at radius 3 is 2.38 bits per heavy atom. The summed E-state index contributed by atoms with van der Waals surface area (Å²) in [7, 11) is 0. The fraction of sp³-hybridized carbons (Fsp3) is 0.133. The number of benzene rings is 1. The van der Waals surface area contributed by atoms with Crippen LogP contribution in [0.2, 0.25) is 0 Å². The third-order valence-electron chi connectivity index (χ3n) is 3.33. The van der Waals surface area contributed by atoms with Crippen LogP contribution in [0, 0.1) is 6.92 Å². The van der Waals surface area contributed by atoms with Gasteiger partial charge in [-0.1, -0.05) is 29.8 Å². The Kier molecular flexibility index (Phi) is 2.90. The number of hydrogen-bond donors (Lipinski definition) is 1. The molecule has 108 valence electrons. The molecule has 2 heterocycles. The molecule has 2 N–H and O–H groups in total. The number of nitrogens with two attached hydrogens (primary N) is 1. The molecule has 0 aliphatic heterocycles. The molecule has 0 saturated carbocycles. The zero-order valence-electron chi connectivity index (χ0n) is 11.1. The minimum absolute atomic E-state index is 0.207. The van der Waals surface area contributed by atoms with E-state index in [-0.39, 0.29) is 5.82 Å². The zero-order chi connectivity index (χ0) is 15.2. The molecule has 0 atom stereocenters. The number of aromatic nitrogens is 2. The lowest BCUT2D eigenvalue weighted by atomic mass is 10.0. The second kappa shape index (κ2) is 4.51. The molecule has 3 aromatic rings. The summed E-state index contributed by atoms with van der Waals surface area (Å²) in [5, 5.41) is 4.06. The van der Waals surface area contributed by atoms with Gasteiger partial charge < -0.3 is 5.73 Å². The first-order valence-electron chi connectivity index (χ1n) is 6.28. The monoisotopic (exact) mass is 291 g/mol. The van der Waals surface area contributed by atoms with E-state index >= 15 is 0 Å². The van der Waals surface area contributed by atoms with Crippen molar-refractivity contribution < 1.29 is 13.2 Å². The fourth-order valence-corrected chi connectivity index (χ4v) is 2.26. The number of hydrogen-bond acceptors (Lipinski definition) is 2. The lowest BCUT2D eigenvalue weighted by Crippen LogP contribution is -2.05. The van der Waals surface area contributed by atoms with Crippen LogP contribution >= 0.6 is 0 Å². The van der Waals surface area contributed by atoms with E-state index in [9.17, 15) is 13.2 Å². The Morgan fingerprint density at radius 1 is 1.10 bits per heavy atom. The van der Waals surface area contributed by atoms with Crippen LogP contribution in [-0.4, -0.2) is 9.61 Å². The zero-order valence-corrected chi connectivity index (χ0v) is 11.1. The van der Waals surface area contributed by atoms with Gasteiger partial charge in [-0.2, -0.15) is 18.3 Å². The third kappa shape index (κ3) is 2.33. The van der Waals surface area contributed by atoms with E-state index in [1.807, 2.05) is 31.2 Å². The average Bonchev–Trinajstić information content (AvgIpc) is 2.74. The second-order valence-electron chi connectivity index (χ2n) is 4.87. The molecule has 0 radical (unpaired) electrons. The van der Waals surface area contributed by atoms with Crippen LogP contribution in [0.4, 0.5) is 19.0 Å². The van der Waals surface area contributed by atoms with Crippen molar-refractivity contribution in [3.8, 4) is 11.1 Å². The van der Waals surface area contributed by atoms with Crippen LogP contribution in [0.1, 0.15) is 11.1 Å². The highest BCUT2D eigenvalue weighted by molar-refractivity contribution is 5.88. The molecular formula is C15H12F3N3. The van der Waals surface area contributed by atoms with Gasteiger partial charge in [-0.05, 0) is 24.6 Å². The maximum Gasteiger partial charge on any atom is 0.416 e. The van der Waals surface area contributed by atoms with Crippen molar-refractivity contribution in [1.82, 2.24) is 9.61 Å². The summed E-state index contributed by atoms with van der Waals surface area (Å²) < 4.78 is 39.9. The molecule has 0 aliphatic rings. The van der Waals surface area contributed by atoms with Gasteiger partial charge in [-0.25, -0.2) is 4.52 Å². The summed E-state index contributed by atoms with van der Waals surface area (Å²) in [6.07, 6.45) is -3.13. The van der Waals surface area contributed by atoms with Crippen molar-refractivity contribution in [1.29, 1.82) is 0 Å². The van der Waals surface area contributed by atoms with Gasteiger partial charge in [0.05, 0.1) is 16.6 Å². The molecule has 0 aliphatic carbocycles. The van der Waals surface area contributed by atoms with Gasteiger partial charge in [0, 0.05) is 6.20 Å². The summed E-state index contributed by atoms with van der Waals surface area (Å²) in [6, 6.07) is 9.46. The predicted octanol–water partition coefficient (Wildman–Crippen LogP) is 3.91. The molecular weight excluding hydrogens is 279 g/mol. The summed E-state index contributed by atoms with van der Waals surface area (Å²) in [6.45, 7) is 1.94. The highest BCUT2D eigenvalue weighted by Gasteiger charge is 2.31. The first kappa shape index (κ1) is 13.5. The first-order valence-corrected chi connectivity index (χ1v) is 6.28. The maximum atomic E-state index is 12.8. The van der Waals surface area contributed by atoms with E-state index in [1.165, 1.54) is 10.7 Å². The van der Waals surface area contributed by atoms with Crippen molar-refractivity contribution in [3.63, 3.8) is 0 Å². The summed E-state index contributed by atoms with van der Waals surface area (Å²) in [5.74, 6) is 0.207. The van der Waals surface area contributed by atoms with Crippen LogP contribution in [0.3, 0.4) is 0 Å². The van der Waals surface area contributed by atoms with Crippen molar-refractivity contribution in [2.75, 3.05) is 5.73 Å². The van der Waals surface area contributed by atoms with E-state index in [4.69, 9.17) is 5.73 Å². The number of halogens is 3. The molecule has 0 saturated heterocycles. The topological polar surface area (TPSA) is 43.3 Å². The normalized spacial score (nSPS) is 12.0. The van der Waals surface area contributed by atoms with Crippen LogP contribution in [0.5, 0.6) is 0 Å². The summed E-state index contributed by atoms with van der Waals surface area (Å²) >= 11 is 0. The van der Waals surface area contributed by atoms with E-state index in [1.54, 1.807) is 0 Å². The molecule has 3 nitrogen and oxygen atoms in total. The van der Waals surface area contributed by atoms with Crippen LogP contribution in [-0.2, 0) is 6.18 Å². The molecule has 0 spiro atoms.